The van der Waals surface area contributed by atoms with Crippen LogP contribution in [0.4, 0.5) is 10.2 Å². The smallest absolute Gasteiger partial charge is 0.225 e. The number of carbonyl (C=O) groups is 1. The molecule has 1 aliphatic rings. The van der Waals surface area contributed by atoms with E-state index in [1.165, 1.54) is 22.8 Å². The molecule has 1 aliphatic heterocycles. The van der Waals surface area contributed by atoms with Crippen molar-refractivity contribution in [2.24, 2.45) is 5.92 Å². The zero-order chi connectivity index (χ0) is 19.4. The highest BCUT2D eigenvalue weighted by Crippen LogP contribution is 2.24. The molecular weight excluding hydrogens is 369 g/mol. The maximum absolute atomic E-state index is 13.8. The number of hydrogen-bond acceptors (Lipinski definition) is 4. The second kappa shape index (κ2) is 8.14. The number of benzene rings is 1. The van der Waals surface area contributed by atoms with Crippen LogP contribution in [-0.4, -0.2) is 43.0 Å². The third kappa shape index (κ3) is 5.11. The Balaban J connectivity index is 1.54. The van der Waals surface area contributed by atoms with Crippen molar-refractivity contribution in [3.05, 3.63) is 48.4 Å². The van der Waals surface area contributed by atoms with Gasteiger partial charge in [0.05, 0.1) is 6.26 Å². The van der Waals surface area contributed by atoms with Crippen molar-refractivity contribution in [3.63, 3.8) is 0 Å². The molecule has 2 heterocycles. The lowest BCUT2D eigenvalue weighted by atomic mass is 9.94. The summed E-state index contributed by atoms with van der Waals surface area (Å²) < 4.78 is 38.3. The number of amides is 1. The second-order valence-electron chi connectivity index (χ2n) is 6.77. The minimum absolute atomic E-state index is 0.153. The predicted molar refractivity (Wildman–Crippen MR) is 102 cm³/mol. The van der Waals surface area contributed by atoms with E-state index in [1.807, 2.05) is 0 Å². The van der Waals surface area contributed by atoms with Gasteiger partial charge in [0.15, 0.2) is 0 Å². The van der Waals surface area contributed by atoms with Crippen LogP contribution in [-0.2, 0) is 14.8 Å². The van der Waals surface area contributed by atoms with Crippen LogP contribution >= 0.6 is 0 Å². The van der Waals surface area contributed by atoms with E-state index in [0.29, 0.717) is 49.3 Å². The Morgan fingerprint density at radius 1 is 1.22 bits per heavy atom. The van der Waals surface area contributed by atoms with Crippen LogP contribution in [0.15, 0.2) is 42.6 Å². The number of rotatable bonds is 5. The maximum Gasteiger partial charge on any atom is 0.225 e. The van der Waals surface area contributed by atoms with Crippen molar-refractivity contribution in [2.75, 3.05) is 24.7 Å². The average Bonchev–Trinajstić information content (AvgIpc) is 2.62. The SMILES string of the molecule is CS(=O)(=O)N1CCC(CC(=O)Nc2ccc(-c3ccccc3F)cn2)CC1. The van der Waals surface area contributed by atoms with Gasteiger partial charge in [-0.15, -0.1) is 0 Å². The average molecular weight is 391 g/mol. The van der Waals surface area contributed by atoms with Gasteiger partial charge in [0, 0.05) is 36.8 Å². The van der Waals surface area contributed by atoms with Gasteiger partial charge in [-0.1, -0.05) is 18.2 Å². The fourth-order valence-electron chi connectivity index (χ4n) is 3.22. The number of anilines is 1. The minimum Gasteiger partial charge on any atom is -0.311 e. The molecule has 0 radical (unpaired) electrons. The van der Waals surface area contributed by atoms with E-state index < -0.39 is 10.0 Å². The summed E-state index contributed by atoms with van der Waals surface area (Å²) in [5.74, 6) is 0.0878. The van der Waals surface area contributed by atoms with Crippen LogP contribution < -0.4 is 5.32 Å². The monoisotopic (exact) mass is 391 g/mol. The molecule has 0 aliphatic carbocycles. The highest BCUT2D eigenvalue weighted by Gasteiger charge is 2.26. The topological polar surface area (TPSA) is 79.4 Å². The van der Waals surface area contributed by atoms with Gasteiger partial charge in [-0.2, -0.15) is 0 Å². The molecule has 0 spiro atoms. The number of piperidine rings is 1. The Labute approximate surface area is 158 Å². The molecule has 0 bridgehead atoms. The van der Waals surface area contributed by atoms with E-state index in [4.69, 9.17) is 0 Å². The first-order valence-corrected chi connectivity index (χ1v) is 10.6. The van der Waals surface area contributed by atoms with E-state index >= 15 is 0 Å². The van der Waals surface area contributed by atoms with Crippen molar-refractivity contribution in [1.29, 1.82) is 0 Å². The number of halogens is 1. The number of hydrogen-bond donors (Lipinski definition) is 1. The van der Waals surface area contributed by atoms with Gasteiger partial charge in [0.25, 0.3) is 0 Å². The first-order chi connectivity index (χ1) is 12.8. The summed E-state index contributed by atoms with van der Waals surface area (Å²) in [4.78, 5) is 16.4. The van der Waals surface area contributed by atoms with Gasteiger partial charge in [-0.05, 0) is 37.0 Å². The first kappa shape index (κ1) is 19.4. The molecule has 1 fully saturated rings. The summed E-state index contributed by atoms with van der Waals surface area (Å²) in [5, 5.41) is 2.75. The van der Waals surface area contributed by atoms with Gasteiger partial charge < -0.3 is 5.32 Å². The molecule has 1 saturated heterocycles. The number of pyridine rings is 1. The normalized spacial score (nSPS) is 16.2. The van der Waals surface area contributed by atoms with Crippen LogP contribution in [0.1, 0.15) is 19.3 Å². The molecule has 6 nitrogen and oxygen atoms in total. The van der Waals surface area contributed by atoms with E-state index in [1.54, 1.807) is 30.3 Å². The maximum atomic E-state index is 13.8. The van der Waals surface area contributed by atoms with Crippen molar-refractivity contribution in [3.8, 4) is 11.1 Å². The number of sulfonamides is 1. The van der Waals surface area contributed by atoms with Gasteiger partial charge in [0.2, 0.25) is 15.9 Å². The third-order valence-electron chi connectivity index (χ3n) is 4.73. The van der Waals surface area contributed by atoms with E-state index in [2.05, 4.69) is 10.3 Å². The first-order valence-electron chi connectivity index (χ1n) is 8.79. The molecule has 2 aromatic rings. The summed E-state index contributed by atoms with van der Waals surface area (Å²) in [6, 6.07) is 9.80. The third-order valence-corrected chi connectivity index (χ3v) is 6.04. The molecule has 0 unspecified atom stereocenters. The van der Waals surface area contributed by atoms with Crippen LogP contribution in [0, 0.1) is 11.7 Å². The zero-order valence-electron chi connectivity index (χ0n) is 15.1. The summed E-state index contributed by atoms with van der Waals surface area (Å²) in [6.45, 7) is 0.902. The number of aromatic nitrogens is 1. The minimum atomic E-state index is -3.16. The standard InChI is InChI=1S/C19H22FN3O3S/c1-27(25,26)23-10-8-14(9-11-23)12-19(24)22-18-7-6-15(13-21-18)16-4-2-3-5-17(16)20/h2-7,13-14H,8-12H2,1H3,(H,21,22,24). The highest BCUT2D eigenvalue weighted by atomic mass is 32.2. The lowest BCUT2D eigenvalue weighted by Crippen LogP contribution is -2.38. The lowest BCUT2D eigenvalue weighted by Gasteiger charge is -2.29. The Kier molecular flexibility index (Phi) is 5.86. The van der Waals surface area contributed by atoms with Crippen LogP contribution in [0.5, 0.6) is 0 Å². The van der Waals surface area contributed by atoms with Crippen molar-refractivity contribution < 1.29 is 17.6 Å². The molecule has 27 heavy (non-hydrogen) atoms. The van der Waals surface area contributed by atoms with Crippen molar-refractivity contribution in [2.45, 2.75) is 19.3 Å². The largest absolute Gasteiger partial charge is 0.311 e. The Morgan fingerprint density at radius 2 is 1.93 bits per heavy atom. The van der Waals surface area contributed by atoms with Crippen LogP contribution in [0.3, 0.4) is 0 Å². The van der Waals surface area contributed by atoms with E-state index in [0.717, 1.165) is 0 Å². The predicted octanol–water partition coefficient (Wildman–Crippen LogP) is 2.89. The molecule has 8 heteroatoms. The van der Waals surface area contributed by atoms with Gasteiger partial charge in [-0.25, -0.2) is 22.1 Å². The summed E-state index contributed by atoms with van der Waals surface area (Å²) >= 11 is 0. The quantitative estimate of drug-likeness (QED) is 0.850. The molecule has 144 valence electrons. The molecule has 0 saturated carbocycles. The Hall–Kier alpha value is -2.32. The van der Waals surface area contributed by atoms with E-state index in [-0.39, 0.29) is 17.6 Å². The van der Waals surface area contributed by atoms with Crippen molar-refractivity contribution in [1.82, 2.24) is 9.29 Å². The zero-order valence-corrected chi connectivity index (χ0v) is 15.9. The number of nitrogens with zero attached hydrogens (tertiary/aromatic N) is 2. The highest BCUT2D eigenvalue weighted by molar-refractivity contribution is 7.88. The van der Waals surface area contributed by atoms with Crippen LogP contribution in [0.25, 0.3) is 11.1 Å². The van der Waals surface area contributed by atoms with Gasteiger partial charge in [0.1, 0.15) is 11.6 Å². The summed E-state index contributed by atoms with van der Waals surface area (Å²) in [6.07, 6.45) is 4.39. The molecule has 0 atom stereocenters. The van der Waals surface area contributed by atoms with E-state index in [9.17, 15) is 17.6 Å². The Bertz CT molecular complexity index is 908. The molecule has 1 aromatic heterocycles. The molecule has 3 rings (SSSR count). The van der Waals surface area contributed by atoms with Crippen molar-refractivity contribution >= 4 is 21.7 Å². The molecule has 1 amide bonds. The summed E-state index contributed by atoms with van der Waals surface area (Å²) in [7, 11) is -3.16. The van der Waals surface area contributed by atoms with Gasteiger partial charge >= 0.3 is 0 Å². The summed E-state index contributed by atoms with van der Waals surface area (Å²) in [5.41, 5.74) is 1.10. The number of nitrogens with one attached hydrogen (secondary N) is 1. The lowest BCUT2D eigenvalue weighted by molar-refractivity contribution is -0.117. The molecular formula is C19H22FN3O3S. The van der Waals surface area contributed by atoms with Gasteiger partial charge in [-0.3, -0.25) is 4.79 Å². The molecule has 1 N–H and O–H groups in total. The fourth-order valence-corrected chi connectivity index (χ4v) is 4.10. The Morgan fingerprint density at radius 3 is 2.52 bits per heavy atom. The number of carbonyl (C=O) groups excluding carboxylic acids is 1. The fraction of sp³-hybridized carbons (Fsp3) is 0.368. The molecule has 1 aromatic carbocycles. The second-order valence-corrected chi connectivity index (χ2v) is 8.75. The van der Waals surface area contributed by atoms with Crippen LogP contribution in [0.2, 0.25) is 0 Å².